The molecule has 0 fully saturated rings. The second-order valence-electron chi connectivity index (χ2n) is 8.84. The Hall–Kier alpha value is -4.63. The Morgan fingerprint density at radius 2 is 1.12 bits per heavy atom. The van der Waals surface area contributed by atoms with Crippen molar-refractivity contribution in [1.82, 2.24) is 9.97 Å². The zero-order valence-corrected chi connectivity index (χ0v) is 24.1. The first-order chi connectivity index (χ1) is 20.0. The lowest BCUT2D eigenvalue weighted by molar-refractivity contribution is 0.583. The van der Waals surface area contributed by atoms with Gasteiger partial charge in [0.15, 0.2) is 0 Å². The van der Waals surface area contributed by atoms with Crippen molar-refractivity contribution >= 4 is 47.4 Å². The highest BCUT2D eigenvalue weighted by Crippen LogP contribution is 2.32. The topological polar surface area (TPSA) is 169 Å². The summed E-state index contributed by atoms with van der Waals surface area (Å²) in [4.78, 5) is 8.23. The van der Waals surface area contributed by atoms with Gasteiger partial charge in [0.1, 0.15) is 0 Å². The van der Waals surface area contributed by atoms with Crippen LogP contribution in [0, 0.1) is 0 Å². The molecule has 0 aliphatic heterocycles. The van der Waals surface area contributed by atoms with Crippen molar-refractivity contribution in [2.24, 2.45) is 5.14 Å². The number of rotatable bonds is 9. The van der Waals surface area contributed by atoms with Crippen LogP contribution in [-0.4, -0.2) is 35.2 Å². The number of nitrogens with one attached hydrogen (secondary N) is 1. The van der Waals surface area contributed by atoms with Gasteiger partial charge in [-0.25, -0.2) is 40.4 Å². The lowest BCUT2D eigenvalue weighted by atomic mass is 10.1. The van der Waals surface area contributed by atoms with Gasteiger partial charge >= 0.3 is 0 Å². The Kier molecular flexibility index (Phi) is 7.79. The predicted molar refractivity (Wildman–Crippen MR) is 158 cm³/mol. The summed E-state index contributed by atoms with van der Waals surface area (Å²) in [7, 11) is -12.9. The fourth-order valence-electron chi connectivity index (χ4n) is 3.97. The molecule has 42 heavy (non-hydrogen) atoms. The van der Waals surface area contributed by atoms with Crippen LogP contribution in [0.5, 0.6) is 0 Å². The lowest BCUT2D eigenvalue weighted by Crippen LogP contribution is -2.37. The monoisotopic (exact) mass is 621 g/mol. The molecule has 0 radical (unpaired) electrons. The lowest BCUT2D eigenvalue weighted by Gasteiger charge is -2.24. The van der Waals surface area contributed by atoms with E-state index in [1.807, 2.05) is 0 Å². The maximum absolute atomic E-state index is 13.7. The average Bonchev–Trinajstić information content (AvgIpc) is 2.98. The van der Waals surface area contributed by atoms with E-state index < -0.39 is 30.1 Å². The van der Waals surface area contributed by atoms with Crippen LogP contribution in [0.4, 0.5) is 17.3 Å². The van der Waals surface area contributed by atoms with E-state index in [1.54, 1.807) is 30.3 Å². The molecule has 0 spiro atoms. The van der Waals surface area contributed by atoms with E-state index in [1.165, 1.54) is 91.1 Å². The van der Waals surface area contributed by atoms with E-state index in [4.69, 9.17) is 5.14 Å². The largest absolute Gasteiger partial charge is 0.324 e. The SMILES string of the molecule is NS(=O)(=O)c1ccc(Nc2nccc(-c3ccc(N(S(=O)(=O)c4ccccc4)S(=O)(=O)c4ccccc4)cc3)n2)cc1. The van der Waals surface area contributed by atoms with Crippen molar-refractivity contribution in [2.75, 3.05) is 9.03 Å². The highest BCUT2D eigenvalue weighted by Gasteiger charge is 2.36. The van der Waals surface area contributed by atoms with Crippen LogP contribution in [0.3, 0.4) is 0 Å². The van der Waals surface area contributed by atoms with Crippen molar-refractivity contribution in [3.63, 3.8) is 0 Å². The number of sulfonamides is 3. The number of nitrogens with two attached hydrogens (primary N) is 1. The normalized spacial score (nSPS) is 12.0. The quantitative estimate of drug-likeness (QED) is 0.246. The third-order valence-corrected chi connectivity index (χ3v) is 11.1. The van der Waals surface area contributed by atoms with Crippen molar-refractivity contribution in [1.29, 1.82) is 0 Å². The summed E-state index contributed by atoms with van der Waals surface area (Å²) in [5.74, 6) is 0.208. The molecule has 3 N–H and O–H groups in total. The minimum Gasteiger partial charge on any atom is -0.324 e. The van der Waals surface area contributed by atoms with Crippen LogP contribution < -0.4 is 14.2 Å². The van der Waals surface area contributed by atoms with Gasteiger partial charge in [-0.1, -0.05) is 48.5 Å². The van der Waals surface area contributed by atoms with Crippen LogP contribution in [0.1, 0.15) is 0 Å². The third-order valence-electron chi connectivity index (χ3n) is 5.99. The molecule has 4 aromatic carbocycles. The van der Waals surface area contributed by atoms with Crippen molar-refractivity contribution in [2.45, 2.75) is 14.7 Å². The summed E-state index contributed by atoms with van der Waals surface area (Å²) in [5.41, 5.74) is 1.45. The van der Waals surface area contributed by atoms with Gasteiger partial charge in [-0.15, -0.1) is 0 Å². The van der Waals surface area contributed by atoms with Gasteiger partial charge in [0.05, 0.1) is 26.1 Å². The van der Waals surface area contributed by atoms with Gasteiger partial charge in [0.2, 0.25) is 16.0 Å². The summed E-state index contributed by atoms with van der Waals surface area (Å²) in [6, 6.07) is 27.9. The first kappa shape index (κ1) is 28.9. The summed E-state index contributed by atoms with van der Waals surface area (Å²) in [6.45, 7) is 0. The Morgan fingerprint density at radius 1 is 0.595 bits per heavy atom. The molecule has 0 amide bonds. The number of hydrogen-bond acceptors (Lipinski definition) is 9. The Balaban J connectivity index is 1.49. The standard InChI is InChI=1S/C28H23N5O6S3/c29-40(34,35)24-17-13-22(14-18-24)31-28-30-20-19-27(32-28)21-11-15-23(16-12-21)33(41(36,37)25-7-3-1-4-8-25)42(38,39)26-9-5-2-6-10-26/h1-20H,(H2,29,34,35)(H,30,31,32). The second-order valence-corrected chi connectivity index (χ2v) is 14.2. The Bertz CT molecular complexity index is 1970. The zero-order chi connectivity index (χ0) is 30.0. The zero-order valence-electron chi connectivity index (χ0n) is 21.6. The molecule has 5 aromatic rings. The smallest absolute Gasteiger partial charge is 0.277 e. The number of aromatic nitrogens is 2. The van der Waals surface area contributed by atoms with E-state index >= 15 is 0 Å². The van der Waals surface area contributed by atoms with E-state index in [-0.39, 0.29) is 26.3 Å². The highest BCUT2D eigenvalue weighted by atomic mass is 32.3. The van der Waals surface area contributed by atoms with Crippen molar-refractivity contribution < 1.29 is 25.3 Å². The van der Waals surface area contributed by atoms with Crippen LogP contribution in [0.15, 0.2) is 136 Å². The molecule has 214 valence electrons. The highest BCUT2D eigenvalue weighted by molar-refractivity contribution is 8.10. The molecule has 0 aliphatic carbocycles. The summed E-state index contributed by atoms with van der Waals surface area (Å²) < 4.78 is 78.1. The average molecular weight is 622 g/mol. The third kappa shape index (κ3) is 6.01. The molecule has 0 saturated carbocycles. The number of benzene rings is 4. The van der Waals surface area contributed by atoms with Gasteiger partial charge in [0, 0.05) is 17.4 Å². The molecular formula is C28H23N5O6S3. The van der Waals surface area contributed by atoms with E-state index in [0.717, 1.165) is 0 Å². The number of nitrogens with zero attached hydrogens (tertiary/aromatic N) is 3. The van der Waals surface area contributed by atoms with Gasteiger partial charge in [-0.05, 0) is 66.7 Å². The minimum absolute atomic E-state index is 0.0413. The molecule has 1 heterocycles. The van der Waals surface area contributed by atoms with E-state index in [9.17, 15) is 25.3 Å². The number of primary sulfonamides is 1. The number of anilines is 3. The van der Waals surface area contributed by atoms with Crippen molar-refractivity contribution in [3.8, 4) is 11.3 Å². The molecule has 0 atom stereocenters. The van der Waals surface area contributed by atoms with Crippen LogP contribution >= 0.6 is 0 Å². The van der Waals surface area contributed by atoms with Gasteiger partial charge < -0.3 is 5.32 Å². The van der Waals surface area contributed by atoms with Crippen molar-refractivity contribution in [3.05, 3.63) is 121 Å². The Labute approximate surface area is 243 Å². The van der Waals surface area contributed by atoms with E-state index in [0.29, 0.717) is 20.7 Å². The van der Waals surface area contributed by atoms with Gasteiger partial charge in [-0.3, -0.25) is 0 Å². The van der Waals surface area contributed by atoms with Gasteiger partial charge in [-0.2, -0.15) is 3.71 Å². The first-order valence-corrected chi connectivity index (χ1v) is 16.6. The van der Waals surface area contributed by atoms with Gasteiger partial charge in [0.25, 0.3) is 20.0 Å². The van der Waals surface area contributed by atoms with Crippen LogP contribution in [0.2, 0.25) is 0 Å². The predicted octanol–water partition coefficient (Wildman–Crippen LogP) is 4.12. The fourth-order valence-corrected chi connectivity index (χ4v) is 8.22. The maximum atomic E-state index is 13.7. The molecule has 0 unspecified atom stereocenters. The molecule has 0 saturated heterocycles. The molecule has 1 aromatic heterocycles. The maximum Gasteiger partial charge on any atom is 0.277 e. The Morgan fingerprint density at radius 3 is 1.62 bits per heavy atom. The summed E-state index contributed by atoms with van der Waals surface area (Å²) >= 11 is 0. The molecule has 14 heteroatoms. The van der Waals surface area contributed by atoms with Crippen LogP contribution in [0.25, 0.3) is 11.3 Å². The first-order valence-electron chi connectivity index (χ1n) is 12.2. The molecule has 0 aliphatic rings. The molecule has 11 nitrogen and oxygen atoms in total. The van der Waals surface area contributed by atoms with Crippen LogP contribution in [-0.2, 0) is 30.1 Å². The van der Waals surface area contributed by atoms with E-state index in [2.05, 4.69) is 15.3 Å². The molecular weight excluding hydrogens is 599 g/mol. The molecule has 5 rings (SSSR count). The summed E-state index contributed by atoms with van der Waals surface area (Å²) in [5, 5.41) is 8.11. The fraction of sp³-hybridized carbons (Fsp3) is 0. The minimum atomic E-state index is -4.53. The second kappa shape index (κ2) is 11.3. The molecule has 0 bridgehead atoms. The number of hydrogen-bond donors (Lipinski definition) is 2. The summed E-state index contributed by atoms with van der Waals surface area (Å²) in [6.07, 6.45) is 1.50.